The first kappa shape index (κ1) is 20.0. The molecule has 0 unspecified atom stereocenters. The van der Waals surface area contributed by atoms with Gasteiger partial charge in [0.05, 0.1) is 13.1 Å². The Morgan fingerprint density at radius 3 is 2.60 bits per heavy atom. The molecule has 4 rings (SSSR count). The summed E-state index contributed by atoms with van der Waals surface area (Å²) in [5, 5.41) is 2.63. The molecule has 2 amide bonds. The van der Waals surface area contributed by atoms with Crippen molar-refractivity contribution in [1.29, 1.82) is 0 Å². The second kappa shape index (κ2) is 8.62. The van der Waals surface area contributed by atoms with Crippen LogP contribution in [0.5, 0.6) is 11.5 Å². The number of nitrogens with one attached hydrogen (secondary N) is 1. The minimum Gasteiger partial charge on any atom is -0.459 e. The molecule has 0 saturated heterocycles. The first-order valence-corrected chi connectivity index (χ1v) is 10.1. The van der Waals surface area contributed by atoms with Crippen molar-refractivity contribution in [3.05, 3.63) is 70.4 Å². The second-order valence-electron chi connectivity index (χ2n) is 6.77. The molecule has 7 nitrogen and oxygen atoms in total. The summed E-state index contributed by atoms with van der Waals surface area (Å²) in [5.74, 6) is 1.92. The molecule has 0 radical (unpaired) electrons. The van der Waals surface area contributed by atoms with Crippen LogP contribution in [-0.2, 0) is 11.3 Å². The highest BCUT2D eigenvalue weighted by atomic mass is 79.9. The molecule has 2 heterocycles. The molecule has 1 aliphatic rings. The molecule has 0 bridgehead atoms. The molecule has 154 valence electrons. The normalized spacial score (nSPS) is 11.9. The summed E-state index contributed by atoms with van der Waals surface area (Å²) in [4.78, 5) is 26.2. The zero-order valence-electron chi connectivity index (χ0n) is 16.2. The fourth-order valence-corrected chi connectivity index (χ4v) is 3.25. The molecule has 2 aromatic carbocycles. The number of carbonyl (C=O) groups excluding carboxylic acids is 2. The van der Waals surface area contributed by atoms with Gasteiger partial charge in [0.15, 0.2) is 11.5 Å². The number of benzene rings is 2. The summed E-state index contributed by atoms with van der Waals surface area (Å²) in [6.07, 6.45) is 0. The van der Waals surface area contributed by atoms with Gasteiger partial charge in [0.1, 0.15) is 11.5 Å². The van der Waals surface area contributed by atoms with Crippen LogP contribution in [0.4, 0.5) is 0 Å². The van der Waals surface area contributed by atoms with Crippen molar-refractivity contribution in [3.63, 3.8) is 0 Å². The van der Waals surface area contributed by atoms with E-state index in [2.05, 4.69) is 21.2 Å². The van der Waals surface area contributed by atoms with Crippen molar-refractivity contribution in [2.45, 2.75) is 6.54 Å². The lowest BCUT2D eigenvalue weighted by molar-refractivity contribution is -0.129. The van der Waals surface area contributed by atoms with Gasteiger partial charge < -0.3 is 24.1 Å². The number of amides is 2. The molecule has 3 aromatic rings. The van der Waals surface area contributed by atoms with Crippen molar-refractivity contribution < 1.29 is 23.5 Å². The van der Waals surface area contributed by atoms with Crippen molar-refractivity contribution in [1.82, 2.24) is 10.2 Å². The van der Waals surface area contributed by atoms with Crippen LogP contribution in [0.15, 0.2) is 63.5 Å². The maximum Gasteiger partial charge on any atom is 0.251 e. The number of furan rings is 1. The number of likely N-dealkylation sites (N-methyl/N-ethyl adjacent to an activating group) is 1. The van der Waals surface area contributed by atoms with Gasteiger partial charge in [-0.25, -0.2) is 0 Å². The van der Waals surface area contributed by atoms with Crippen LogP contribution in [0.1, 0.15) is 16.1 Å². The highest BCUT2D eigenvalue weighted by molar-refractivity contribution is 9.10. The Morgan fingerprint density at radius 2 is 1.80 bits per heavy atom. The van der Waals surface area contributed by atoms with Gasteiger partial charge in [-0.2, -0.15) is 0 Å². The number of ether oxygens (including phenoxy) is 2. The molecule has 8 heteroatoms. The van der Waals surface area contributed by atoms with Crippen molar-refractivity contribution in [3.8, 4) is 22.8 Å². The topological polar surface area (TPSA) is 81.0 Å². The molecule has 30 heavy (non-hydrogen) atoms. The van der Waals surface area contributed by atoms with Crippen LogP contribution in [0.25, 0.3) is 11.3 Å². The quantitative estimate of drug-likeness (QED) is 0.591. The van der Waals surface area contributed by atoms with Gasteiger partial charge in [-0.3, -0.25) is 9.59 Å². The summed E-state index contributed by atoms with van der Waals surface area (Å²) in [5.41, 5.74) is 1.36. The lowest BCUT2D eigenvalue weighted by Gasteiger charge is -2.16. The number of hydrogen-bond donors (Lipinski definition) is 1. The highest BCUT2D eigenvalue weighted by Gasteiger charge is 2.18. The number of halogens is 1. The third-order valence-corrected chi connectivity index (χ3v) is 5.17. The van der Waals surface area contributed by atoms with Crippen LogP contribution in [0.2, 0.25) is 0 Å². The Kier molecular flexibility index (Phi) is 5.76. The summed E-state index contributed by atoms with van der Waals surface area (Å²) in [7, 11) is 1.66. The predicted molar refractivity (Wildman–Crippen MR) is 113 cm³/mol. The zero-order valence-corrected chi connectivity index (χ0v) is 17.8. The second-order valence-corrected chi connectivity index (χ2v) is 7.69. The van der Waals surface area contributed by atoms with Gasteiger partial charge >= 0.3 is 0 Å². The molecule has 1 aromatic heterocycles. The smallest absolute Gasteiger partial charge is 0.251 e. The molecule has 0 fully saturated rings. The first-order valence-electron chi connectivity index (χ1n) is 9.26. The highest BCUT2D eigenvalue weighted by Crippen LogP contribution is 2.32. The Bertz CT molecular complexity index is 1080. The van der Waals surface area contributed by atoms with E-state index in [1.807, 2.05) is 36.4 Å². The first-order chi connectivity index (χ1) is 14.5. The number of rotatable bonds is 6. The van der Waals surface area contributed by atoms with Gasteiger partial charge in [-0.15, -0.1) is 0 Å². The van der Waals surface area contributed by atoms with Gasteiger partial charge in [0.25, 0.3) is 5.91 Å². The summed E-state index contributed by atoms with van der Waals surface area (Å²) in [6, 6.07) is 16.4. The molecule has 0 aliphatic carbocycles. The van der Waals surface area contributed by atoms with Crippen molar-refractivity contribution in [2.75, 3.05) is 20.4 Å². The molecule has 0 saturated carbocycles. The van der Waals surface area contributed by atoms with Crippen molar-refractivity contribution in [2.24, 2.45) is 0 Å². The van der Waals surface area contributed by atoms with E-state index in [4.69, 9.17) is 13.9 Å². The van der Waals surface area contributed by atoms with Crippen molar-refractivity contribution >= 4 is 27.7 Å². The van der Waals surface area contributed by atoms with E-state index >= 15 is 0 Å². The van der Waals surface area contributed by atoms with Crippen LogP contribution in [0, 0.1) is 0 Å². The lowest BCUT2D eigenvalue weighted by Crippen LogP contribution is -2.37. The minimum absolute atomic E-state index is 0.121. The zero-order chi connectivity index (χ0) is 21.1. The summed E-state index contributed by atoms with van der Waals surface area (Å²) < 4.78 is 17.3. The van der Waals surface area contributed by atoms with E-state index in [1.165, 1.54) is 4.90 Å². The van der Waals surface area contributed by atoms with Gasteiger partial charge in [0, 0.05) is 22.6 Å². The number of nitrogens with zero attached hydrogens (tertiary/aromatic N) is 1. The third kappa shape index (κ3) is 4.49. The number of carbonyl (C=O) groups is 2. The van der Waals surface area contributed by atoms with E-state index in [9.17, 15) is 9.59 Å². The minimum atomic E-state index is -0.356. The molecule has 0 spiro atoms. The number of hydrogen-bond acceptors (Lipinski definition) is 5. The van der Waals surface area contributed by atoms with E-state index in [0.717, 1.165) is 15.8 Å². The van der Waals surface area contributed by atoms with E-state index in [-0.39, 0.29) is 25.2 Å². The standard InChI is InChI=1S/C22H19BrN2O5/c1-25(12-17-7-9-18(30-17)14-2-5-16(23)6-3-14)21(26)11-24-22(27)15-4-8-19-20(10-15)29-13-28-19/h2-10H,11-13H2,1H3,(H,24,27). The van der Waals surface area contributed by atoms with E-state index in [1.54, 1.807) is 25.2 Å². The largest absolute Gasteiger partial charge is 0.459 e. The maximum absolute atomic E-state index is 12.4. The molecule has 1 aliphatic heterocycles. The van der Waals surface area contributed by atoms with E-state index in [0.29, 0.717) is 29.4 Å². The average molecular weight is 471 g/mol. The Hall–Kier alpha value is -3.26. The third-order valence-electron chi connectivity index (χ3n) is 4.64. The molecule has 0 atom stereocenters. The fraction of sp³-hybridized carbons (Fsp3) is 0.182. The predicted octanol–water partition coefficient (Wildman–Crippen LogP) is 3.83. The molecular weight excluding hydrogens is 452 g/mol. The molecular formula is C22H19BrN2O5. The van der Waals surface area contributed by atoms with E-state index < -0.39 is 0 Å². The van der Waals surface area contributed by atoms with Crippen LogP contribution >= 0.6 is 15.9 Å². The van der Waals surface area contributed by atoms with Crippen LogP contribution < -0.4 is 14.8 Å². The summed E-state index contributed by atoms with van der Waals surface area (Å²) in [6.45, 7) is 0.319. The van der Waals surface area contributed by atoms with Crippen LogP contribution in [0.3, 0.4) is 0 Å². The van der Waals surface area contributed by atoms with Gasteiger partial charge in [-0.05, 0) is 42.5 Å². The Balaban J connectivity index is 1.31. The Morgan fingerprint density at radius 1 is 1.03 bits per heavy atom. The fourth-order valence-electron chi connectivity index (χ4n) is 2.98. The molecule has 1 N–H and O–H groups in total. The SMILES string of the molecule is CN(Cc1ccc(-c2ccc(Br)cc2)o1)C(=O)CNC(=O)c1ccc2c(c1)OCO2. The monoisotopic (exact) mass is 470 g/mol. The van der Waals surface area contributed by atoms with Gasteiger partial charge in [0.2, 0.25) is 12.7 Å². The summed E-state index contributed by atoms with van der Waals surface area (Å²) >= 11 is 3.41. The number of fused-ring (bicyclic) bond motifs is 1. The Labute approximate surface area is 181 Å². The maximum atomic E-state index is 12.4. The lowest BCUT2D eigenvalue weighted by atomic mass is 10.2. The van der Waals surface area contributed by atoms with Gasteiger partial charge in [-0.1, -0.05) is 28.1 Å². The van der Waals surface area contributed by atoms with Crippen LogP contribution in [-0.4, -0.2) is 37.1 Å². The average Bonchev–Trinajstić information content (AvgIpc) is 3.41.